The van der Waals surface area contributed by atoms with Gasteiger partial charge in [-0.25, -0.2) is 4.79 Å². The summed E-state index contributed by atoms with van der Waals surface area (Å²) in [6.45, 7) is 2.71. The number of carbonyl (C=O) groups excluding carboxylic acids is 2. The molecule has 1 aliphatic heterocycles. The van der Waals surface area contributed by atoms with Gasteiger partial charge in [0.05, 0.1) is 0 Å². The van der Waals surface area contributed by atoms with Gasteiger partial charge >= 0.3 is 6.03 Å². The minimum atomic E-state index is -0.357. The number of rotatable bonds is 1. The first-order valence-electron chi connectivity index (χ1n) is 8.95. The second kappa shape index (κ2) is 5.43. The van der Waals surface area contributed by atoms with E-state index in [2.05, 4.69) is 0 Å². The standard InChI is InChI=1S/C17H27N3O2/c18-17(22)20-3-1-2-19(4-5-20)16(21)15-13-7-11-6-12(9-13)10-14(15)8-11/h11-15H,1-10H2,(H2,18,22). The van der Waals surface area contributed by atoms with Crippen LogP contribution >= 0.6 is 0 Å². The van der Waals surface area contributed by atoms with Crippen LogP contribution in [0.15, 0.2) is 0 Å². The highest BCUT2D eigenvalue weighted by Crippen LogP contribution is 2.56. The first-order valence-corrected chi connectivity index (χ1v) is 8.95. The van der Waals surface area contributed by atoms with Crippen molar-refractivity contribution in [3.8, 4) is 0 Å². The van der Waals surface area contributed by atoms with Gasteiger partial charge in [0.1, 0.15) is 0 Å². The molecule has 4 aliphatic carbocycles. The van der Waals surface area contributed by atoms with Gasteiger partial charge in [0.15, 0.2) is 0 Å². The normalized spacial score (nSPS) is 40.6. The minimum absolute atomic E-state index is 0.271. The van der Waals surface area contributed by atoms with Gasteiger partial charge in [-0.05, 0) is 62.2 Å². The summed E-state index contributed by atoms with van der Waals surface area (Å²) < 4.78 is 0. The third kappa shape index (κ3) is 2.38. The molecule has 1 saturated heterocycles. The summed E-state index contributed by atoms with van der Waals surface area (Å²) in [6, 6.07) is -0.357. The third-order valence-corrected chi connectivity index (χ3v) is 6.63. The molecule has 5 nitrogen and oxygen atoms in total. The summed E-state index contributed by atoms with van der Waals surface area (Å²) in [7, 11) is 0. The lowest BCUT2D eigenvalue weighted by atomic mass is 9.51. The van der Waals surface area contributed by atoms with E-state index in [0.717, 1.165) is 24.8 Å². The lowest BCUT2D eigenvalue weighted by Gasteiger charge is -2.54. The van der Waals surface area contributed by atoms with E-state index in [9.17, 15) is 9.59 Å². The monoisotopic (exact) mass is 305 g/mol. The Bertz CT molecular complexity index is 451. The molecule has 4 bridgehead atoms. The van der Waals surface area contributed by atoms with Crippen molar-refractivity contribution in [3.63, 3.8) is 0 Å². The van der Waals surface area contributed by atoms with Crippen LogP contribution in [0, 0.1) is 29.6 Å². The van der Waals surface area contributed by atoms with E-state index in [1.54, 1.807) is 4.90 Å². The van der Waals surface area contributed by atoms with Crippen molar-refractivity contribution in [2.24, 2.45) is 35.3 Å². The Morgan fingerprint density at radius 3 is 1.91 bits per heavy atom. The fraction of sp³-hybridized carbons (Fsp3) is 0.882. The molecular formula is C17H27N3O2. The van der Waals surface area contributed by atoms with Gasteiger partial charge in [0.2, 0.25) is 5.91 Å². The zero-order valence-corrected chi connectivity index (χ0v) is 13.2. The third-order valence-electron chi connectivity index (χ3n) is 6.63. The molecule has 3 amide bonds. The van der Waals surface area contributed by atoms with Gasteiger partial charge in [-0.1, -0.05) is 0 Å². The Balaban J connectivity index is 1.44. The lowest BCUT2D eigenvalue weighted by molar-refractivity contribution is -0.148. The number of nitrogens with two attached hydrogens (primary N) is 1. The smallest absolute Gasteiger partial charge is 0.314 e. The Kier molecular flexibility index (Phi) is 3.54. The first kappa shape index (κ1) is 14.3. The molecule has 2 N–H and O–H groups in total. The zero-order valence-electron chi connectivity index (χ0n) is 13.2. The summed E-state index contributed by atoms with van der Waals surface area (Å²) in [5.74, 6) is 3.73. The summed E-state index contributed by atoms with van der Waals surface area (Å²) >= 11 is 0. The van der Waals surface area contributed by atoms with Gasteiger partial charge in [0, 0.05) is 32.1 Å². The summed E-state index contributed by atoms with van der Waals surface area (Å²) in [5, 5.41) is 0. The average Bonchev–Trinajstić information content (AvgIpc) is 2.71. The van der Waals surface area contributed by atoms with Gasteiger partial charge in [-0.3, -0.25) is 4.79 Å². The minimum Gasteiger partial charge on any atom is -0.351 e. The van der Waals surface area contributed by atoms with Crippen molar-refractivity contribution >= 4 is 11.9 Å². The van der Waals surface area contributed by atoms with Crippen LogP contribution in [0.2, 0.25) is 0 Å². The van der Waals surface area contributed by atoms with Crippen LogP contribution < -0.4 is 5.73 Å². The maximum Gasteiger partial charge on any atom is 0.314 e. The highest BCUT2D eigenvalue weighted by molar-refractivity contribution is 5.80. The lowest BCUT2D eigenvalue weighted by Crippen LogP contribution is -2.52. The average molecular weight is 305 g/mol. The van der Waals surface area contributed by atoms with E-state index in [4.69, 9.17) is 5.73 Å². The number of carbonyl (C=O) groups is 2. The van der Waals surface area contributed by atoms with Gasteiger partial charge < -0.3 is 15.5 Å². The van der Waals surface area contributed by atoms with Crippen LogP contribution in [-0.2, 0) is 4.79 Å². The predicted molar refractivity (Wildman–Crippen MR) is 82.9 cm³/mol. The molecular weight excluding hydrogens is 278 g/mol. The molecule has 0 unspecified atom stereocenters. The van der Waals surface area contributed by atoms with E-state index in [0.29, 0.717) is 37.4 Å². The van der Waals surface area contributed by atoms with Crippen LogP contribution in [0.25, 0.3) is 0 Å². The fourth-order valence-electron chi connectivity index (χ4n) is 5.90. The van der Waals surface area contributed by atoms with Gasteiger partial charge in [-0.2, -0.15) is 0 Å². The Labute approximate surface area is 132 Å². The van der Waals surface area contributed by atoms with Crippen LogP contribution in [0.1, 0.15) is 38.5 Å². The molecule has 1 heterocycles. The van der Waals surface area contributed by atoms with E-state index < -0.39 is 0 Å². The number of hydrogen-bond acceptors (Lipinski definition) is 2. The Hall–Kier alpha value is -1.26. The molecule has 0 radical (unpaired) electrons. The van der Waals surface area contributed by atoms with Crippen LogP contribution in [0.4, 0.5) is 4.79 Å². The van der Waals surface area contributed by atoms with E-state index in [1.165, 1.54) is 32.1 Å². The van der Waals surface area contributed by atoms with Gasteiger partial charge in [-0.15, -0.1) is 0 Å². The van der Waals surface area contributed by atoms with E-state index >= 15 is 0 Å². The summed E-state index contributed by atoms with van der Waals surface area (Å²) in [5.41, 5.74) is 5.38. The molecule has 0 spiro atoms. The largest absolute Gasteiger partial charge is 0.351 e. The van der Waals surface area contributed by atoms with E-state index in [1.807, 2.05) is 4.90 Å². The molecule has 5 heteroatoms. The molecule has 0 aromatic rings. The number of urea groups is 1. The second-order valence-electron chi connectivity index (χ2n) is 7.96. The van der Waals surface area contributed by atoms with E-state index in [-0.39, 0.29) is 11.9 Å². The van der Waals surface area contributed by atoms with Crippen molar-refractivity contribution in [1.29, 1.82) is 0 Å². The number of amides is 3. The zero-order chi connectivity index (χ0) is 15.3. The highest BCUT2D eigenvalue weighted by Gasteiger charge is 2.51. The quantitative estimate of drug-likeness (QED) is 0.801. The topological polar surface area (TPSA) is 66.6 Å². The number of primary amides is 1. The van der Waals surface area contributed by atoms with Crippen molar-refractivity contribution in [1.82, 2.24) is 9.80 Å². The summed E-state index contributed by atoms with van der Waals surface area (Å²) in [6.07, 6.45) is 7.40. The molecule has 22 heavy (non-hydrogen) atoms. The molecule has 0 atom stereocenters. The van der Waals surface area contributed by atoms with Crippen molar-refractivity contribution in [2.75, 3.05) is 26.2 Å². The Morgan fingerprint density at radius 2 is 1.32 bits per heavy atom. The second-order valence-corrected chi connectivity index (χ2v) is 7.96. The molecule has 122 valence electrons. The van der Waals surface area contributed by atoms with Crippen molar-refractivity contribution < 1.29 is 9.59 Å². The van der Waals surface area contributed by atoms with Crippen LogP contribution in [0.3, 0.4) is 0 Å². The molecule has 5 rings (SSSR count). The molecule has 0 aromatic carbocycles. The van der Waals surface area contributed by atoms with Gasteiger partial charge in [0.25, 0.3) is 0 Å². The predicted octanol–water partition coefficient (Wildman–Crippen LogP) is 1.67. The maximum absolute atomic E-state index is 13.1. The highest BCUT2D eigenvalue weighted by atomic mass is 16.2. The maximum atomic E-state index is 13.1. The SMILES string of the molecule is NC(=O)N1CCCN(C(=O)C2C3CC4CC(C3)CC2C4)CC1. The summed E-state index contributed by atoms with van der Waals surface area (Å²) in [4.78, 5) is 28.1. The van der Waals surface area contributed by atoms with Crippen LogP contribution in [-0.4, -0.2) is 47.9 Å². The molecule has 5 aliphatic rings. The van der Waals surface area contributed by atoms with Crippen LogP contribution in [0.5, 0.6) is 0 Å². The first-order chi connectivity index (χ1) is 10.6. The molecule has 4 saturated carbocycles. The number of nitrogens with zero attached hydrogens (tertiary/aromatic N) is 2. The number of hydrogen-bond donors (Lipinski definition) is 1. The van der Waals surface area contributed by atoms with Crippen molar-refractivity contribution in [2.45, 2.75) is 38.5 Å². The molecule has 5 fully saturated rings. The fourth-order valence-corrected chi connectivity index (χ4v) is 5.90. The Morgan fingerprint density at radius 1 is 0.773 bits per heavy atom. The molecule has 0 aromatic heterocycles. The van der Waals surface area contributed by atoms with Crippen molar-refractivity contribution in [3.05, 3.63) is 0 Å².